The first-order valence-electron chi connectivity index (χ1n) is 8.05. The number of thiophene rings is 1. The average Bonchev–Trinajstić information content (AvgIpc) is 3.16. The van der Waals surface area contributed by atoms with Crippen LogP contribution in [0.2, 0.25) is 0 Å². The minimum atomic E-state index is -0.211. The van der Waals surface area contributed by atoms with Crippen LogP contribution in [0.3, 0.4) is 0 Å². The van der Waals surface area contributed by atoms with E-state index in [1.165, 1.54) is 47.0 Å². The second-order valence-corrected chi connectivity index (χ2v) is 7.31. The molecule has 2 aromatic rings. The first-order chi connectivity index (χ1) is 11.2. The second kappa shape index (κ2) is 7.49. The Kier molecular flexibility index (Phi) is 5.38. The topological polar surface area (TPSA) is 57.0 Å². The molecular weight excluding hydrogens is 330 g/mol. The number of carbonyl (C=O) groups excluding carboxylic acids is 1. The highest BCUT2D eigenvalue weighted by atomic mass is 32.2. The molecule has 0 fully saturated rings. The number of fused-ring (bicyclic) bond motifs is 1. The summed E-state index contributed by atoms with van der Waals surface area (Å²) in [5.74, 6) is 0.990. The van der Waals surface area contributed by atoms with Gasteiger partial charge in [0.1, 0.15) is 0 Å². The van der Waals surface area contributed by atoms with Gasteiger partial charge >= 0.3 is 5.97 Å². The number of aryl methyl sites for hydroxylation is 1. The zero-order valence-corrected chi connectivity index (χ0v) is 15.1. The quantitative estimate of drug-likeness (QED) is 0.588. The van der Waals surface area contributed by atoms with Crippen molar-refractivity contribution in [2.45, 2.75) is 51.2 Å². The zero-order valence-electron chi connectivity index (χ0n) is 13.5. The molecule has 0 atom stereocenters. The number of carbonyl (C=O) groups is 1. The third-order valence-electron chi connectivity index (χ3n) is 3.96. The molecule has 0 saturated carbocycles. The van der Waals surface area contributed by atoms with Crippen molar-refractivity contribution in [3.63, 3.8) is 0 Å². The number of hydrogen-bond acceptors (Lipinski definition) is 6. The SMILES string of the molecule is CCOC(=O)CSc1nnc(-c2csc3c2CCCC3)n1CC. The Morgan fingerprint density at radius 2 is 2.17 bits per heavy atom. The summed E-state index contributed by atoms with van der Waals surface area (Å²) >= 11 is 3.23. The van der Waals surface area contributed by atoms with Crippen molar-refractivity contribution in [1.29, 1.82) is 0 Å². The van der Waals surface area contributed by atoms with Gasteiger partial charge in [-0.2, -0.15) is 0 Å². The van der Waals surface area contributed by atoms with Crippen LogP contribution in [0.15, 0.2) is 10.5 Å². The predicted octanol–water partition coefficient (Wildman–Crippen LogP) is 3.56. The first kappa shape index (κ1) is 16.5. The fourth-order valence-corrected chi connectivity index (χ4v) is 4.81. The van der Waals surface area contributed by atoms with Crippen molar-refractivity contribution in [1.82, 2.24) is 14.8 Å². The van der Waals surface area contributed by atoms with Crippen LogP contribution in [0, 0.1) is 0 Å². The molecule has 2 heterocycles. The third-order valence-corrected chi connectivity index (χ3v) is 5.99. The van der Waals surface area contributed by atoms with Crippen molar-refractivity contribution < 1.29 is 9.53 Å². The van der Waals surface area contributed by atoms with E-state index in [4.69, 9.17) is 4.74 Å². The lowest BCUT2D eigenvalue weighted by molar-refractivity contribution is -0.139. The minimum absolute atomic E-state index is 0.211. The van der Waals surface area contributed by atoms with Crippen LogP contribution in [-0.4, -0.2) is 33.1 Å². The Balaban J connectivity index is 1.84. The number of hydrogen-bond donors (Lipinski definition) is 0. The highest BCUT2D eigenvalue weighted by Crippen LogP contribution is 2.36. The normalized spacial score (nSPS) is 13.8. The van der Waals surface area contributed by atoms with Gasteiger partial charge in [-0.25, -0.2) is 0 Å². The average molecular weight is 351 g/mol. The van der Waals surface area contributed by atoms with Crippen LogP contribution < -0.4 is 0 Å². The van der Waals surface area contributed by atoms with E-state index in [2.05, 4.69) is 27.1 Å². The Morgan fingerprint density at radius 1 is 1.35 bits per heavy atom. The summed E-state index contributed by atoms with van der Waals surface area (Å²) < 4.78 is 7.07. The molecule has 0 spiro atoms. The van der Waals surface area contributed by atoms with Gasteiger partial charge in [-0.05, 0) is 45.1 Å². The molecule has 0 amide bonds. The summed E-state index contributed by atoms with van der Waals surface area (Å²) in [7, 11) is 0. The molecule has 0 unspecified atom stereocenters. The lowest BCUT2D eigenvalue weighted by atomic mass is 9.96. The maximum absolute atomic E-state index is 11.5. The number of aromatic nitrogens is 3. The zero-order chi connectivity index (χ0) is 16.2. The highest BCUT2D eigenvalue weighted by molar-refractivity contribution is 7.99. The van der Waals surface area contributed by atoms with Crippen molar-refractivity contribution in [3.8, 4) is 11.4 Å². The van der Waals surface area contributed by atoms with E-state index in [1.54, 1.807) is 0 Å². The molecule has 5 nitrogen and oxygen atoms in total. The lowest BCUT2D eigenvalue weighted by Gasteiger charge is -2.13. The number of rotatable bonds is 6. The molecule has 124 valence electrons. The van der Waals surface area contributed by atoms with Crippen LogP contribution in [-0.2, 0) is 28.9 Å². The molecule has 0 radical (unpaired) electrons. The molecule has 0 bridgehead atoms. The summed E-state index contributed by atoms with van der Waals surface area (Å²) in [4.78, 5) is 13.0. The molecule has 0 N–H and O–H groups in total. The molecule has 0 aromatic carbocycles. The molecule has 23 heavy (non-hydrogen) atoms. The molecule has 2 aromatic heterocycles. The van der Waals surface area contributed by atoms with Gasteiger partial charge in [-0.1, -0.05) is 11.8 Å². The Hall–Kier alpha value is -1.34. The molecule has 0 saturated heterocycles. The van der Waals surface area contributed by atoms with Crippen molar-refractivity contribution in [3.05, 3.63) is 15.8 Å². The number of thioether (sulfide) groups is 1. The van der Waals surface area contributed by atoms with Crippen LogP contribution in [0.5, 0.6) is 0 Å². The van der Waals surface area contributed by atoms with Gasteiger partial charge in [0, 0.05) is 22.4 Å². The first-order valence-corrected chi connectivity index (χ1v) is 9.92. The summed E-state index contributed by atoms with van der Waals surface area (Å²) in [6, 6.07) is 0. The highest BCUT2D eigenvalue weighted by Gasteiger charge is 2.22. The van der Waals surface area contributed by atoms with E-state index in [0.29, 0.717) is 6.61 Å². The number of nitrogens with zero attached hydrogens (tertiary/aromatic N) is 3. The largest absolute Gasteiger partial charge is 0.465 e. The third kappa shape index (κ3) is 3.45. The van der Waals surface area contributed by atoms with E-state index in [9.17, 15) is 4.79 Å². The number of ether oxygens (including phenoxy) is 1. The molecule has 0 aliphatic heterocycles. The Morgan fingerprint density at radius 3 is 2.96 bits per heavy atom. The fourth-order valence-electron chi connectivity index (χ4n) is 2.89. The van der Waals surface area contributed by atoms with Crippen LogP contribution >= 0.6 is 23.1 Å². The van der Waals surface area contributed by atoms with E-state index in [-0.39, 0.29) is 11.7 Å². The summed E-state index contributed by atoms with van der Waals surface area (Å²) in [5, 5.41) is 11.7. The minimum Gasteiger partial charge on any atom is -0.465 e. The van der Waals surface area contributed by atoms with Gasteiger partial charge in [0.2, 0.25) is 0 Å². The van der Waals surface area contributed by atoms with Crippen LogP contribution in [0.4, 0.5) is 0 Å². The van der Waals surface area contributed by atoms with E-state index in [0.717, 1.165) is 23.9 Å². The van der Waals surface area contributed by atoms with Crippen molar-refractivity contribution in [2.24, 2.45) is 0 Å². The maximum Gasteiger partial charge on any atom is 0.316 e. The number of esters is 1. The van der Waals surface area contributed by atoms with Crippen molar-refractivity contribution >= 4 is 29.1 Å². The smallest absolute Gasteiger partial charge is 0.316 e. The van der Waals surface area contributed by atoms with Gasteiger partial charge < -0.3 is 9.30 Å². The van der Waals surface area contributed by atoms with Gasteiger partial charge in [-0.3, -0.25) is 4.79 Å². The molecule has 3 rings (SSSR count). The van der Waals surface area contributed by atoms with Gasteiger partial charge in [0.15, 0.2) is 11.0 Å². The van der Waals surface area contributed by atoms with E-state index in [1.807, 2.05) is 18.3 Å². The molecular formula is C16H21N3O2S2. The fraction of sp³-hybridized carbons (Fsp3) is 0.562. The van der Waals surface area contributed by atoms with Crippen LogP contribution in [0.25, 0.3) is 11.4 Å². The Bertz CT molecular complexity index is 694. The van der Waals surface area contributed by atoms with E-state index >= 15 is 0 Å². The molecule has 7 heteroatoms. The standard InChI is InChI=1S/C16H21N3O2S2/c1-3-19-15(12-9-22-13-8-6-5-7-11(12)13)17-18-16(19)23-10-14(20)21-4-2/h9H,3-8,10H2,1-2H3. The van der Waals surface area contributed by atoms with E-state index < -0.39 is 0 Å². The summed E-state index contributed by atoms with van der Waals surface area (Å²) in [6.07, 6.45) is 4.86. The van der Waals surface area contributed by atoms with Crippen LogP contribution in [0.1, 0.15) is 37.1 Å². The molecule has 1 aliphatic carbocycles. The maximum atomic E-state index is 11.5. The van der Waals surface area contributed by atoms with Crippen molar-refractivity contribution in [2.75, 3.05) is 12.4 Å². The Labute approximate surface area is 144 Å². The van der Waals surface area contributed by atoms with Gasteiger partial charge in [0.05, 0.1) is 12.4 Å². The second-order valence-electron chi connectivity index (χ2n) is 5.40. The summed E-state index contributed by atoms with van der Waals surface area (Å²) in [6.45, 7) is 5.10. The molecule has 1 aliphatic rings. The summed E-state index contributed by atoms with van der Waals surface area (Å²) in [5.41, 5.74) is 2.67. The van der Waals surface area contributed by atoms with Gasteiger partial charge in [-0.15, -0.1) is 21.5 Å². The predicted molar refractivity (Wildman–Crippen MR) is 93.0 cm³/mol. The van der Waals surface area contributed by atoms with Gasteiger partial charge in [0.25, 0.3) is 0 Å². The monoisotopic (exact) mass is 351 g/mol. The lowest BCUT2D eigenvalue weighted by Crippen LogP contribution is -2.08.